The predicted octanol–water partition coefficient (Wildman–Crippen LogP) is 4.22. The third kappa shape index (κ3) is 1.88. The van der Waals surface area contributed by atoms with E-state index in [2.05, 4.69) is 43.4 Å². The van der Waals surface area contributed by atoms with Gasteiger partial charge in [-0.15, -0.1) is 11.3 Å². The Labute approximate surface area is 117 Å². The minimum absolute atomic E-state index is 0.215. The molecule has 1 saturated carbocycles. The Hall–Kier alpha value is -1.35. The van der Waals surface area contributed by atoms with Crippen molar-refractivity contribution in [2.45, 2.75) is 44.6 Å². The fourth-order valence-electron chi connectivity index (χ4n) is 2.92. The van der Waals surface area contributed by atoms with E-state index >= 15 is 0 Å². The molecule has 2 aliphatic rings. The lowest BCUT2D eigenvalue weighted by Crippen LogP contribution is -2.24. The zero-order chi connectivity index (χ0) is 13.0. The molecule has 3 heteroatoms. The van der Waals surface area contributed by atoms with E-state index in [-0.39, 0.29) is 5.41 Å². The molecule has 0 spiro atoms. The SMILES string of the molecule is CC1(C)Cc2sc(NC3CC3)nc2-c2ccccc21. The van der Waals surface area contributed by atoms with Crippen LogP contribution in [0.1, 0.15) is 37.1 Å². The Morgan fingerprint density at radius 3 is 2.84 bits per heavy atom. The van der Waals surface area contributed by atoms with Crippen molar-refractivity contribution >= 4 is 16.5 Å². The van der Waals surface area contributed by atoms with Crippen LogP contribution < -0.4 is 5.32 Å². The molecule has 0 aliphatic heterocycles. The summed E-state index contributed by atoms with van der Waals surface area (Å²) in [7, 11) is 0. The topological polar surface area (TPSA) is 24.9 Å². The van der Waals surface area contributed by atoms with Crippen molar-refractivity contribution in [3.63, 3.8) is 0 Å². The third-order valence-corrected chi connectivity index (χ3v) is 5.10. The molecular formula is C16H18N2S. The number of aromatic nitrogens is 1. The van der Waals surface area contributed by atoms with Crippen LogP contribution in [0.3, 0.4) is 0 Å². The lowest BCUT2D eigenvalue weighted by atomic mass is 9.74. The van der Waals surface area contributed by atoms with Crippen molar-refractivity contribution in [1.29, 1.82) is 0 Å². The van der Waals surface area contributed by atoms with Crippen LogP contribution in [-0.2, 0) is 11.8 Å². The molecule has 0 amide bonds. The minimum atomic E-state index is 0.215. The second-order valence-corrected chi connectivity index (χ2v) is 7.40. The molecule has 1 aromatic heterocycles. The smallest absolute Gasteiger partial charge is 0.183 e. The first kappa shape index (κ1) is 11.5. The lowest BCUT2D eigenvalue weighted by Gasteiger charge is -2.31. The summed E-state index contributed by atoms with van der Waals surface area (Å²) in [5.41, 5.74) is 4.19. The van der Waals surface area contributed by atoms with E-state index in [1.807, 2.05) is 11.3 Å². The fourth-order valence-corrected chi connectivity index (χ4v) is 4.20. The van der Waals surface area contributed by atoms with Crippen molar-refractivity contribution < 1.29 is 0 Å². The van der Waals surface area contributed by atoms with Gasteiger partial charge in [0, 0.05) is 16.5 Å². The summed E-state index contributed by atoms with van der Waals surface area (Å²) in [6, 6.07) is 9.41. The predicted molar refractivity (Wildman–Crippen MR) is 80.9 cm³/mol. The molecule has 0 radical (unpaired) electrons. The number of anilines is 1. The quantitative estimate of drug-likeness (QED) is 0.884. The Kier molecular flexibility index (Phi) is 2.31. The number of hydrogen-bond acceptors (Lipinski definition) is 3. The van der Waals surface area contributed by atoms with Crippen LogP contribution in [0.2, 0.25) is 0 Å². The second-order valence-electron chi connectivity index (χ2n) is 6.32. The van der Waals surface area contributed by atoms with Crippen LogP contribution >= 0.6 is 11.3 Å². The highest BCUT2D eigenvalue weighted by Gasteiger charge is 2.33. The molecule has 1 fully saturated rings. The Morgan fingerprint density at radius 1 is 1.26 bits per heavy atom. The number of hydrogen-bond donors (Lipinski definition) is 1. The van der Waals surface area contributed by atoms with Crippen molar-refractivity contribution in [2.24, 2.45) is 0 Å². The van der Waals surface area contributed by atoms with Crippen molar-refractivity contribution in [3.05, 3.63) is 34.7 Å². The molecule has 0 bridgehead atoms. The first-order chi connectivity index (χ1) is 9.13. The summed E-state index contributed by atoms with van der Waals surface area (Å²) in [5, 5.41) is 4.65. The first-order valence-electron chi connectivity index (χ1n) is 7.00. The molecule has 0 atom stereocenters. The monoisotopic (exact) mass is 270 g/mol. The summed E-state index contributed by atoms with van der Waals surface area (Å²) in [4.78, 5) is 6.28. The van der Waals surface area contributed by atoms with Crippen LogP contribution in [0.15, 0.2) is 24.3 Å². The molecule has 2 aliphatic carbocycles. The maximum atomic E-state index is 4.85. The van der Waals surface area contributed by atoms with Gasteiger partial charge in [0.1, 0.15) is 0 Å². The van der Waals surface area contributed by atoms with Crippen LogP contribution in [0.4, 0.5) is 5.13 Å². The molecule has 4 rings (SSSR count). The minimum Gasteiger partial charge on any atom is -0.359 e. The summed E-state index contributed by atoms with van der Waals surface area (Å²) in [5.74, 6) is 0. The van der Waals surface area contributed by atoms with Crippen molar-refractivity contribution in [1.82, 2.24) is 4.98 Å². The standard InChI is InChI=1S/C16H18N2S/c1-16(2)9-13-14(11-5-3-4-6-12(11)16)18-15(19-13)17-10-7-8-10/h3-6,10H,7-9H2,1-2H3,(H,17,18). The Balaban J connectivity index is 1.83. The highest BCUT2D eigenvalue weighted by Crippen LogP contribution is 2.46. The van der Waals surface area contributed by atoms with Crippen LogP contribution in [-0.4, -0.2) is 11.0 Å². The Bertz CT molecular complexity index is 638. The summed E-state index contributed by atoms with van der Waals surface area (Å²) in [6.45, 7) is 4.67. The number of fused-ring (bicyclic) bond motifs is 3. The van der Waals surface area contributed by atoms with Gasteiger partial charge in [0.2, 0.25) is 0 Å². The van der Waals surface area contributed by atoms with E-state index in [4.69, 9.17) is 4.98 Å². The van der Waals surface area contributed by atoms with Crippen LogP contribution in [0.5, 0.6) is 0 Å². The zero-order valence-corrected chi connectivity index (χ0v) is 12.2. The average Bonchev–Trinajstić information content (AvgIpc) is 3.09. The highest BCUT2D eigenvalue weighted by molar-refractivity contribution is 7.16. The number of benzene rings is 1. The van der Waals surface area contributed by atoms with Crippen LogP contribution in [0.25, 0.3) is 11.3 Å². The lowest BCUT2D eigenvalue weighted by molar-refractivity contribution is 0.521. The molecule has 0 saturated heterocycles. The second kappa shape index (κ2) is 3.83. The van der Waals surface area contributed by atoms with Gasteiger partial charge in [-0.25, -0.2) is 4.98 Å². The largest absolute Gasteiger partial charge is 0.359 e. The van der Waals surface area contributed by atoms with Gasteiger partial charge in [-0.1, -0.05) is 38.1 Å². The van der Waals surface area contributed by atoms with E-state index in [0.29, 0.717) is 6.04 Å². The summed E-state index contributed by atoms with van der Waals surface area (Å²) in [6.07, 6.45) is 3.70. The van der Waals surface area contributed by atoms with Gasteiger partial charge in [-0.2, -0.15) is 0 Å². The maximum Gasteiger partial charge on any atom is 0.183 e. The molecule has 1 aromatic carbocycles. The van der Waals surface area contributed by atoms with E-state index in [9.17, 15) is 0 Å². The van der Waals surface area contributed by atoms with E-state index in [1.165, 1.54) is 34.5 Å². The van der Waals surface area contributed by atoms with E-state index < -0.39 is 0 Å². The number of nitrogens with one attached hydrogen (secondary N) is 1. The number of nitrogens with zero attached hydrogens (tertiary/aromatic N) is 1. The number of rotatable bonds is 2. The normalized spacial score (nSPS) is 19.7. The summed E-state index contributed by atoms with van der Waals surface area (Å²) < 4.78 is 0. The molecule has 2 nitrogen and oxygen atoms in total. The summed E-state index contributed by atoms with van der Waals surface area (Å²) >= 11 is 1.85. The third-order valence-electron chi connectivity index (χ3n) is 4.12. The van der Waals surface area contributed by atoms with Gasteiger partial charge in [0.15, 0.2) is 5.13 Å². The Morgan fingerprint density at radius 2 is 2.05 bits per heavy atom. The molecular weight excluding hydrogens is 252 g/mol. The van der Waals surface area contributed by atoms with Gasteiger partial charge in [-0.05, 0) is 30.2 Å². The molecule has 98 valence electrons. The average molecular weight is 270 g/mol. The van der Waals surface area contributed by atoms with Gasteiger partial charge in [0.05, 0.1) is 5.69 Å². The van der Waals surface area contributed by atoms with Gasteiger partial charge < -0.3 is 5.32 Å². The molecule has 0 unspecified atom stereocenters. The van der Waals surface area contributed by atoms with Gasteiger partial charge in [0.25, 0.3) is 0 Å². The van der Waals surface area contributed by atoms with Crippen molar-refractivity contribution in [2.75, 3.05) is 5.32 Å². The zero-order valence-electron chi connectivity index (χ0n) is 11.4. The fraction of sp³-hybridized carbons (Fsp3) is 0.438. The van der Waals surface area contributed by atoms with Gasteiger partial charge in [-0.3, -0.25) is 0 Å². The first-order valence-corrected chi connectivity index (χ1v) is 7.81. The molecule has 1 heterocycles. The number of thiazole rings is 1. The molecule has 2 aromatic rings. The highest BCUT2D eigenvalue weighted by atomic mass is 32.1. The molecule has 19 heavy (non-hydrogen) atoms. The van der Waals surface area contributed by atoms with E-state index in [1.54, 1.807) is 0 Å². The van der Waals surface area contributed by atoms with Crippen LogP contribution in [0, 0.1) is 0 Å². The maximum absolute atomic E-state index is 4.85. The molecule has 1 N–H and O–H groups in total. The van der Waals surface area contributed by atoms with Crippen molar-refractivity contribution in [3.8, 4) is 11.3 Å². The van der Waals surface area contributed by atoms with E-state index in [0.717, 1.165) is 11.6 Å². The van der Waals surface area contributed by atoms with Gasteiger partial charge >= 0.3 is 0 Å².